The number of aromatic nitrogens is 1. The summed E-state index contributed by atoms with van der Waals surface area (Å²) < 4.78 is 5.60. The lowest BCUT2D eigenvalue weighted by Crippen LogP contribution is -2.00. The Balaban J connectivity index is 2.89. The second-order valence-electron chi connectivity index (χ2n) is 4.37. The maximum atomic E-state index is 5.60. The van der Waals surface area contributed by atoms with Gasteiger partial charge in [-0.2, -0.15) is 0 Å². The van der Waals surface area contributed by atoms with Gasteiger partial charge in [0.05, 0.1) is 12.2 Å². The Labute approximate surface area is 85.7 Å². The van der Waals surface area contributed by atoms with E-state index in [1.807, 2.05) is 0 Å². The highest BCUT2D eigenvalue weighted by Gasteiger charge is 2.15. The van der Waals surface area contributed by atoms with Crippen molar-refractivity contribution in [2.75, 3.05) is 0 Å². The van der Waals surface area contributed by atoms with E-state index in [0.717, 1.165) is 23.8 Å². The molecule has 14 heavy (non-hydrogen) atoms. The van der Waals surface area contributed by atoms with Crippen molar-refractivity contribution in [3.63, 3.8) is 0 Å². The van der Waals surface area contributed by atoms with Crippen LogP contribution in [-0.4, -0.2) is 4.98 Å². The van der Waals surface area contributed by atoms with Crippen LogP contribution in [0.4, 0.5) is 0 Å². The third-order valence-corrected chi connectivity index (χ3v) is 2.09. The normalized spacial score (nSPS) is 11.6. The summed E-state index contributed by atoms with van der Waals surface area (Å²) in [7, 11) is 0. The number of oxazole rings is 1. The average molecular weight is 196 g/mol. The molecule has 1 aromatic rings. The Morgan fingerprint density at radius 2 is 1.93 bits per heavy atom. The lowest BCUT2D eigenvalue weighted by Gasteiger charge is -1.99. The van der Waals surface area contributed by atoms with Crippen molar-refractivity contribution in [3.8, 4) is 0 Å². The fourth-order valence-corrected chi connectivity index (χ4v) is 1.45. The molecule has 3 nitrogen and oxygen atoms in total. The van der Waals surface area contributed by atoms with Gasteiger partial charge >= 0.3 is 0 Å². The van der Waals surface area contributed by atoms with Crippen LogP contribution in [0.15, 0.2) is 4.42 Å². The first kappa shape index (κ1) is 11.2. The van der Waals surface area contributed by atoms with E-state index in [0.29, 0.717) is 18.4 Å². The van der Waals surface area contributed by atoms with Gasteiger partial charge in [-0.15, -0.1) is 0 Å². The average Bonchev–Trinajstić information content (AvgIpc) is 2.46. The molecule has 1 rings (SSSR count). The summed E-state index contributed by atoms with van der Waals surface area (Å²) in [6.07, 6.45) is 0.889. The summed E-state index contributed by atoms with van der Waals surface area (Å²) >= 11 is 0. The number of nitrogens with zero attached hydrogens (tertiary/aromatic N) is 1. The Morgan fingerprint density at radius 1 is 1.29 bits per heavy atom. The van der Waals surface area contributed by atoms with Crippen LogP contribution in [-0.2, 0) is 13.0 Å². The molecular weight excluding hydrogens is 176 g/mol. The molecule has 0 unspecified atom stereocenters. The molecule has 0 atom stereocenters. The van der Waals surface area contributed by atoms with Crippen LogP contribution in [0, 0.1) is 5.92 Å². The lowest BCUT2D eigenvalue weighted by molar-refractivity contribution is 0.428. The second-order valence-corrected chi connectivity index (χ2v) is 4.37. The molecule has 0 radical (unpaired) electrons. The predicted octanol–water partition coefficient (Wildman–Crippen LogP) is 2.46. The summed E-state index contributed by atoms with van der Waals surface area (Å²) in [4.78, 5) is 4.47. The minimum atomic E-state index is 0.387. The molecule has 0 amide bonds. The van der Waals surface area contributed by atoms with Crippen molar-refractivity contribution in [1.29, 1.82) is 0 Å². The summed E-state index contributed by atoms with van der Waals surface area (Å²) in [5, 5.41) is 0. The van der Waals surface area contributed by atoms with E-state index in [1.165, 1.54) is 0 Å². The highest BCUT2D eigenvalue weighted by atomic mass is 16.4. The van der Waals surface area contributed by atoms with E-state index in [2.05, 4.69) is 32.7 Å². The van der Waals surface area contributed by atoms with Crippen molar-refractivity contribution in [2.24, 2.45) is 11.7 Å². The zero-order valence-electron chi connectivity index (χ0n) is 9.50. The van der Waals surface area contributed by atoms with Crippen molar-refractivity contribution in [2.45, 2.75) is 46.6 Å². The van der Waals surface area contributed by atoms with E-state index in [4.69, 9.17) is 10.2 Å². The van der Waals surface area contributed by atoms with E-state index in [-0.39, 0.29) is 0 Å². The van der Waals surface area contributed by atoms with Crippen LogP contribution in [0.3, 0.4) is 0 Å². The van der Waals surface area contributed by atoms with Crippen molar-refractivity contribution in [1.82, 2.24) is 4.98 Å². The first-order valence-corrected chi connectivity index (χ1v) is 5.23. The molecule has 80 valence electrons. The molecule has 0 saturated carbocycles. The van der Waals surface area contributed by atoms with E-state index < -0.39 is 0 Å². The highest BCUT2D eigenvalue weighted by molar-refractivity contribution is 5.13. The van der Waals surface area contributed by atoms with Crippen LogP contribution in [0.2, 0.25) is 0 Å². The summed E-state index contributed by atoms with van der Waals surface area (Å²) in [5.41, 5.74) is 6.62. The lowest BCUT2D eigenvalue weighted by atomic mass is 10.1. The van der Waals surface area contributed by atoms with Gasteiger partial charge in [0.1, 0.15) is 5.76 Å². The second kappa shape index (κ2) is 4.60. The van der Waals surface area contributed by atoms with Gasteiger partial charge in [-0.05, 0) is 11.8 Å². The predicted molar refractivity (Wildman–Crippen MR) is 57.0 cm³/mol. The maximum absolute atomic E-state index is 5.60. The molecule has 0 saturated heterocycles. The van der Waals surface area contributed by atoms with Gasteiger partial charge in [-0.3, -0.25) is 0 Å². The molecule has 3 heteroatoms. The molecule has 0 spiro atoms. The Morgan fingerprint density at radius 3 is 2.29 bits per heavy atom. The van der Waals surface area contributed by atoms with Crippen molar-refractivity contribution in [3.05, 3.63) is 17.3 Å². The molecule has 0 fully saturated rings. The molecule has 0 bridgehead atoms. The van der Waals surface area contributed by atoms with Gasteiger partial charge in [-0.25, -0.2) is 4.98 Å². The zero-order chi connectivity index (χ0) is 10.7. The molecule has 0 aliphatic rings. The van der Waals surface area contributed by atoms with Crippen LogP contribution in [0.5, 0.6) is 0 Å². The third kappa shape index (κ3) is 2.58. The Bertz CT molecular complexity index is 289. The van der Waals surface area contributed by atoms with E-state index in [9.17, 15) is 0 Å². The molecule has 1 aromatic heterocycles. The molecule has 0 aliphatic heterocycles. The van der Waals surface area contributed by atoms with Gasteiger partial charge in [0.15, 0.2) is 5.89 Å². The van der Waals surface area contributed by atoms with E-state index >= 15 is 0 Å². The number of rotatable bonds is 4. The summed E-state index contributed by atoms with van der Waals surface area (Å²) in [6, 6.07) is 0. The minimum Gasteiger partial charge on any atom is -0.444 e. The van der Waals surface area contributed by atoms with Gasteiger partial charge in [0, 0.05) is 6.42 Å². The molecule has 1 heterocycles. The van der Waals surface area contributed by atoms with Gasteiger partial charge in [0.25, 0.3) is 0 Å². The standard InChI is InChI=1S/C11H20N2O/c1-7(2)5-10-13-11(8(3)4)9(6-12)14-10/h7-8H,5-6,12H2,1-4H3. The maximum Gasteiger partial charge on any atom is 0.194 e. The molecule has 2 N–H and O–H groups in total. The van der Waals surface area contributed by atoms with Crippen molar-refractivity contribution >= 4 is 0 Å². The van der Waals surface area contributed by atoms with Crippen LogP contribution >= 0.6 is 0 Å². The smallest absolute Gasteiger partial charge is 0.194 e. The molecular formula is C11H20N2O. The molecule has 0 aromatic carbocycles. The summed E-state index contributed by atoms with van der Waals surface area (Å²) in [5.74, 6) is 2.62. The third-order valence-electron chi connectivity index (χ3n) is 2.09. The molecule has 0 aliphatic carbocycles. The fraction of sp³-hybridized carbons (Fsp3) is 0.727. The Hall–Kier alpha value is -0.830. The Kier molecular flexibility index (Phi) is 3.69. The van der Waals surface area contributed by atoms with Gasteiger partial charge in [0.2, 0.25) is 0 Å². The topological polar surface area (TPSA) is 52.0 Å². The van der Waals surface area contributed by atoms with Crippen LogP contribution < -0.4 is 5.73 Å². The summed E-state index contributed by atoms with van der Waals surface area (Å²) in [6.45, 7) is 8.97. The van der Waals surface area contributed by atoms with Crippen LogP contribution in [0.1, 0.15) is 51.0 Å². The number of hydrogen-bond donors (Lipinski definition) is 1. The minimum absolute atomic E-state index is 0.387. The van der Waals surface area contributed by atoms with Crippen LogP contribution in [0.25, 0.3) is 0 Å². The number of nitrogens with two attached hydrogens (primary N) is 1. The quantitative estimate of drug-likeness (QED) is 0.804. The monoisotopic (exact) mass is 196 g/mol. The van der Waals surface area contributed by atoms with E-state index in [1.54, 1.807) is 0 Å². The SMILES string of the molecule is CC(C)Cc1nc(C(C)C)c(CN)o1. The van der Waals surface area contributed by atoms with Gasteiger partial charge < -0.3 is 10.2 Å². The first-order valence-electron chi connectivity index (χ1n) is 5.23. The largest absolute Gasteiger partial charge is 0.444 e. The zero-order valence-corrected chi connectivity index (χ0v) is 9.50. The number of hydrogen-bond acceptors (Lipinski definition) is 3. The van der Waals surface area contributed by atoms with Gasteiger partial charge in [-0.1, -0.05) is 27.7 Å². The highest BCUT2D eigenvalue weighted by Crippen LogP contribution is 2.20. The van der Waals surface area contributed by atoms with Crippen molar-refractivity contribution < 1.29 is 4.42 Å². The fourth-order valence-electron chi connectivity index (χ4n) is 1.45. The first-order chi connectivity index (χ1) is 6.54.